The Morgan fingerprint density at radius 1 is 1.19 bits per heavy atom. The number of para-hydroxylation sites is 2. The highest BCUT2D eigenvalue weighted by molar-refractivity contribution is 6.32. The molecule has 6 heteroatoms. The number of nitrogens with one attached hydrogen (secondary N) is 1. The molecule has 0 bridgehead atoms. The fraction of sp³-hybridized carbons (Fsp3) is 0.0667. The molecule has 3 aromatic rings. The Kier molecular flexibility index (Phi) is 3.75. The second-order valence-corrected chi connectivity index (χ2v) is 4.90. The van der Waals surface area contributed by atoms with Crippen LogP contribution in [0, 0.1) is 0 Å². The van der Waals surface area contributed by atoms with Crippen molar-refractivity contribution in [2.75, 3.05) is 5.32 Å². The second-order valence-electron chi connectivity index (χ2n) is 4.50. The number of halogens is 1. The predicted octanol–water partition coefficient (Wildman–Crippen LogP) is 3.24. The molecule has 0 atom stereocenters. The number of hydrogen-bond acceptors (Lipinski definition) is 4. The van der Waals surface area contributed by atoms with Gasteiger partial charge in [0, 0.05) is 6.54 Å². The van der Waals surface area contributed by atoms with Crippen molar-refractivity contribution in [3.8, 4) is 11.4 Å². The second kappa shape index (κ2) is 5.85. The number of phenolic OH excluding ortho intramolecular Hbond substituents is 1. The molecule has 21 heavy (non-hydrogen) atoms. The molecule has 3 rings (SSSR count). The van der Waals surface area contributed by atoms with Gasteiger partial charge in [-0.25, -0.2) is 9.67 Å². The highest BCUT2D eigenvalue weighted by Crippen LogP contribution is 2.25. The summed E-state index contributed by atoms with van der Waals surface area (Å²) < 4.78 is 1.70. The number of aromatic nitrogens is 3. The molecule has 106 valence electrons. The standard InChI is InChI=1S/C15H13ClN4O/c16-12-7-11(5-6-15(12)21)8-18-13-3-1-2-4-14(13)20-10-17-9-19-20/h1-7,9-10,18,21H,8H2. The van der Waals surface area contributed by atoms with E-state index in [4.69, 9.17) is 11.6 Å². The first-order valence-electron chi connectivity index (χ1n) is 6.39. The Bertz CT molecular complexity index is 743. The maximum absolute atomic E-state index is 9.43. The van der Waals surface area contributed by atoms with Gasteiger partial charge in [-0.05, 0) is 29.8 Å². The van der Waals surface area contributed by atoms with Crippen molar-refractivity contribution in [1.82, 2.24) is 14.8 Å². The average Bonchev–Trinajstić information content (AvgIpc) is 3.03. The van der Waals surface area contributed by atoms with E-state index in [1.165, 1.54) is 6.33 Å². The van der Waals surface area contributed by atoms with Gasteiger partial charge < -0.3 is 10.4 Å². The smallest absolute Gasteiger partial charge is 0.138 e. The Balaban J connectivity index is 1.81. The van der Waals surface area contributed by atoms with Crippen molar-refractivity contribution >= 4 is 17.3 Å². The van der Waals surface area contributed by atoms with Gasteiger partial charge in [0.15, 0.2) is 0 Å². The van der Waals surface area contributed by atoms with Gasteiger partial charge in [-0.15, -0.1) is 0 Å². The third kappa shape index (κ3) is 2.98. The third-order valence-electron chi connectivity index (χ3n) is 3.06. The van der Waals surface area contributed by atoms with Gasteiger partial charge in [-0.3, -0.25) is 0 Å². The topological polar surface area (TPSA) is 63.0 Å². The van der Waals surface area contributed by atoms with Crippen molar-refractivity contribution in [2.24, 2.45) is 0 Å². The highest BCUT2D eigenvalue weighted by Gasteiger charge is 2.05. The lowest BCUT2D eigenvalue weighted by Gasteiger charge is -2.12. The van der Waals surface area contributed by atoms with Crippen LogP contribution in [-0.2, 0) is 6.54 Å². The fourth-order valence-corrected chi connectivity index (χ4v) is 2.22. The number of hydrogen-bond donors (Lipinski definition) is 2. The van der Waals surface area contributed by atoms with Gasteiger partial charge in [0.2, 0.25) is 0 Å². The number of anilines is 1. The zero-order valence-corrected chi connectivity index (χ0v) is 11.8. The zero-order chi connectivity index (χ0) is 14.7. The van der Waals surface area contributed by atoms with Gasteiger partial charge in [0.25, 0.3) is 0 Å². The molecule has 0 aliphatic carbocycles. The molecule has 5 nitrogen and oxygen atoms in total. The number of rotatable bonds is 4. The minimum atomic E-state index is 0.0865. The molecule has 0 aliphatic heterocycles. The number of aromatic hydroxyl groups is 1. The summed E-state index contributed by atoms with van der Waals surface area (Å²) in [5.41, 5.74) is 2.83. The highest BCUT2D eigenvalue weighted by atomic mass is 35.5. The maximum atomic E-state index is 9.43. The summed E-state index contributed by atoms with van der Waals surface area (Å²) in [5.74, 6) is 0.0865. The first-order chi connectivity index (χ1) is 10.2. The van der Waals surface area contributed by atoms with Crippen LogP contribution in [0.1, 0.15) is 5.56 Å². The Labute approximate surface area is 126 Å². The number of benzene rings is 2. The van der Waals surface area contributed by atoms with E-state index < -0.39 is 0 Å². The maximum Gasteiger partial charge on any atom is 0.138 e. The lowest BCUT2D eigenvalue weighted by molar-refractivity contribution is 0.475. The van der Waals surface area contributed by atoms with Crippen LogP contribution < -0.4 is 5.32 Å². The van der Waals surface area contributed by atoms with E-state index >= 15 is 0 Å². The van der Waals surface area contributed by atoms with Gasteiger partial charge in [0.05, 0.1) is 16.4 Å². The van der Waals surface area contributed by atoms with Crippen LogP contribution in [0.25, 0.3) is 5.69 Å². The fourth-order valence-electron chi connectivity index (χ4n) is 2.01. The Hall–Kier alpha value is -2.53. The van der Waals surface area contributed by atoms with E-state index in [9.17, 15) is 5.11 Å². The van der Waals surface area contributed by atoms with Crippen LogP contribution in [0.3, 0.4) is 0 Å². The van der Waals surface area contributed by atoms with Crippen LogP contribution in [0.2, 0.25) is 5.02 Å². The van der Waals surface area contributed by atoms with Crippen molar-refractivity contribution in [3.63, 3.8) is 0 Å². The normalized spacial score (nSPS) is 10.5. The minimum Gasteiger partial charge on any atom is -0.506 e. The number of nitrogens with zero attached hydrogens (tertiary/aromatic N) is 3. The van der Waals surface area contributed by atoms with Crippen LogP contribution in [0.5, 0.6) is 5.75 Å². The molecule has 0 saturated heterocycles. The predicted molar refractivity (Wildman–Crippen MR) is 81.8 cm³/mol. The molecule has 0 aliphatic rings. The molecular weight excluding hydrogens is 288 g/mol. The molecule has 0 fully saturated rings. The van der Waals surface area contributed by atoms with Crippen molar-refractivity contribution in [2.45, 2.75) is 6.54 Å². The summed E-state index contributed by atoms with van der Waals surface area (Å²) in [4.78, 5) is 3.96. The van der Waals surface area contributed by atoms with Crippen LogP contribution >= 0.6 is 11.6 Å². The zero-order valence-electron chi connectivity index (χ0n) is 11.1. The first-order valence-corrected chi connectivity index (χ1v) is 6.77. The Morgan fingerprint density at radius 2 is 2.05 bits per heavy atom. The van der Waals surface area contributed by atoms with Gasteiger partial charge in [-0.2, -0.15) is 5.10 Å². The largest absolute Gasteiger partial charge is 0.506 e. The van der Waals surface area contributed by atoms with Gasteiger partial charge in [-0.1, -0.05) is 29.8 Å². The quantitative estimate of drug-likeness (QED) is 0.776. The lowest BCUT2D eigenvalue weighted by atomic mass is 10.2. The molecule has 2 N–H and O–H groups in total. The van der Waals surface area contributed by atoms with E-state index in [1.807, 2.05) is 30.3 Å². The number of phenols is 1. The van der Waals surface area contributed by atoms with E-state index in [1.54, 1.807) is 23.1 Å². The van der Waals surface area contributed by atoms with E-state index in [2.05, 4.69) is 15.4 Å². The summed E-state index contributed by atoms with van der Waals surface area (Å²) in [7, 11) is 0. The molecule has 0 unspecified atom stereocenters. The summed E-state index contributed by atoms with van der Waals surface area (Å²) in [6.07, 6.45) is 3.15. The average molecular weight is 301 g/mol. The van der Waals surface area contributed by atoms with E-state index in [0.717, 1.165) is 16.9 Å². The van der Waals surface area contributed by atoms with Crippen molar-refractivity contribution in [3.05, 3.63) is 65.7 Å². The molecule has 0 spiro atoms. The van der Waals surface area contributed by atoms with E-state index in [-0.39, 0.29) is 5.75 Å². The van der Waals surface area contributed by atoms with Gasteiger partial charge >= 0.3 is 0 Å². The van der Waals surface area contributed by atoms with Gasteiger partial charge in [0.1, 0.15) is 18.4 Å². The first kappa shape index (κ1) is 13.5. The monoisotopic (exact) mass is 300 g/mol. The molecule has 1 aromatic heterocycles. The molecular formula is C15H13ClN4O. The molecule has 0 amide bonds. The summed E-state index contributed by atoms with van der Waals surface area (Å²) in [5, 5.41) is 17.2. The summed E-state index contributed by atoms with van der Waals surface area (Å²) in [6, 6.07) is 13.0. The summed E-state index contributed by atoms with van der Waals surface area (Å²) in [6.45, 7) is 0.589. The van der Waals surface area contributed by atoms with Crippen LogP contribution in [0.15, 0.2) is 55.1 Å². The molecule has 0 radical (unpaired) electrons. The van der Waals surface area contributed by atoms with Crippen LogP contribution in [-0.4, -0.2) is 19.9 Å². The lowest BCUT2D eigenvalue weighted by Crippen LogP contribution is -2.04. The minimum absolute atomic E-state index is 0.0865. The third-order valence-corrected chi connectivity index (χ3v) is 3.37. The molecule has 1 heterocycles. The summed E-state index contributed by atoms with van der Waals surface area (Å²) >= 11 is 5.91. The SMILES string of the molecule is Oc1ccc(CNc2ccccc2-n2cncn2)cc1Cl. The molecule has 2 aromatic carbocycles. The van der Waals surface area contributed by atoms with Crippen molar-refractivity contribution < 1.29 is 5.11 Å². The van der Waals surface area contributed by atoms with Crippen molar-refractivity contribution in [1.29, 1.82) is 0 Å². The van der Waals surface area contributed by atoms with E-state index in [0.29, 0.717) is 11.6 Å². The Morgan fingerprint density at radius 3 is 2.81 bits per heavy atom. The van der Waals surface area contributed by atoms with Crippen LogP contribution in [0.4, 0.5) is 5.69 Å². The molecule has 0 saturated carbocycles.